The molecule has 0 aromatic heterocycles. The predicted molar refractivity (Wildman–Crippen MR) is 106 cm³/mol. The van der Waals surface area contributed by atoms with Crippen LogP contribution in [0, 0.1) is 0 Å². The van der Waals surface area contributed by atoms with Crippen LogP contribution in [0.2, 0.25) is 5.02 Å². The fourth-order valence-corrected chi connectivity index (χ4v) is 3.27. The van der Waals surface area contributed by atoms with Crippen molar-refractivity contribution in [2.45, 2.75) is 0 Å². The minimum Gasteiger partial charge on any atom is -0.478 e. The Balaban J connectivity index is 1.75. The van der Waals surface area contributed by atoms with Gasteiger partial charge in [0.15, 0.2) is 0 Å². The quantitative estimate of drug-likeness (QED) is 0.822. The minimum atomic E-state index is -1.18. The summed E-state index contributed by atoms with van der Waals surface area (Å²) in [5.74, 6) is -1.89. The van der Waals surface area contributed by atoms with E-state index in [-0.39, 0.29) is 22.1 Å². The van der Waals surface area contributed by atoms with Crippen LogP contribution in [0.15, 0.2) is 42.5 Å². The number of carboxylic acid groups (broad SMARTS) is 1. The van der Waals surface area contributed by atoms with E-state index in [1.165, 1.54) is 18.2 Å². The number of hydrogen-bond acceptors (Lipinski definition) is 4. The molecule has 0 saturated carbocycles. The van der Waals surface area contributed by atoms with Crippen molar-refractivity contribution in [2.24, 2.45) is 0 Å². The summed E-state index contributed by atoms with van der Waals surface area (Å²) in [7, 11) is 2.01. The molecule has 146 valence electrons. The molecule has 28 heavy (non-hydrogen) atoms. The Kier molecular flexibility index (Phi) is 5.96. The largest absolute Gasteiger partial charge is 0.478 e. The van der Waals surface area contributed by atoms with Crippen molar-refractivity contribution in [3.8, 4) is 0 Å². The van der Waals surface area contributed by atoms with Crippen LogP contribution in [0.25, 0.3) is 0 Å². The number of halogens is 1. The van der Waals surface area contributed by atoms with Crippen LogP contribution in [0.5, 0.6) is 0 Å². The van der Waals surface area contributed by atoms with Gasteiger partial charge in [0, 0.05) is 31.9 Å². The number of rotatable bonds is 4. The van der Waals surface area contributed by atoms with Crippen LogP contribution in [0.1, 0.15) is 31.1 Å². The lowest BCUT2D eigenvalue weighted by atomic mass is 10.1. The van der Waals surface area contributed by atoms with E-state index in [1.54, 1.807) is 29.2 Å². The molecule has 2 N–H and O–H groups in total. The zero-order valence-electron chi connectivity index (χ0n) is 15.3. The molecular formula is C20H20ClN3O4. The van der Waals surface area contributed by atoms with Crippen molar-refractivity contribution in [2.75, 3.05) is 38.5 Å². The number of nitrogens with zero attached hydrogens (tertiary/aromatic N) is 2. The minimum absolute atomic E-state index is 0.0451. The van der Waals surface area contributed by atoms with E-state index in [0.717, 1.165) is 13.1 Å². The fourth-order valence-electron chi connectivity index (χ4n) is 3.01. The molecule has 3 rings (SSSR count). The van der Waals surface area contributed by atoms with Gasteiger partial charge in [-0.1, -0.05) is 23.7 Å². The standard InChI is InChI=1S/C20H20ClN3O4/c1-23-8-10-24(11-9-23)19(26)16-7-6-13(12-17(16)21)22-18(25)14-4-2-3-5-15(14)20(27)28/h2-7,12H,8-11H2,1H3,(H,22,25)(H,27,28). The lowest BCUT2D eigenvalue weighted by molar-refractivity contribution is 0.0662. The third-order valence-corrected chi connectivity index (χ3v) is 4.96. The number of nitrogens with one attached hydrogen (secondary N) is 1. The average molecular weight is 402 g/mol. The first-order valence-electron chi connectivity index (χ1n) is 8.78. The van der Waals surface area contributed by atoms with E-state index < -0.39 is 11.9 Å². The van der Waals surface area contributed by atoms with Gasteiger partial charge in [-0.25, -0.2) is 4.79 Å². The van der Waals surface area contributed by atoms with E-state index in [1.807, 2.05) is 7.05 Å². The number of amides is 2. The SMILES string of the molecule is CN1CCN(C(=O)c2ccc(NC(=O)c3ccccc3C(=O)O)cc2Cl)CC1. The molecule has 2 aromatic carbocycles. The summed E-state index contributed by atoms with van der Waals surface area (Å²) in [6.45, 7) is 2.88. The molecule has 0 radical (unpaired) electrons. The van der Waals surface area contributed by atoms with Gasteiger partial charge in [-0.15, -0.1) is 0 Å². The molecule has 2 aromatic rings. The summed E-state index contributed by atoms with van der Waals surface area (Å²) < 4.78 is 0. The number of anilines is 1. The molecule has 1 saturated heterocycles. The molecule has 0 spiro atoms. The molecule has 0 aliphatic carbocycles. The molecule has 0 atom stereocenters. The van der Waals surface area contributed by atoms with Crippen LogP contribution in [-0.4, -0.2) is 65.9 Å². The Morgan fingerprint density at radius 3 is 2.21 bits per heavy atom. The van der Waals surface area contributed by atoms with Gasteiger partial charge >= 0.3 is 5.97 Å². The van der Waals surface area contributed by atoms with Crippen molar-refractivity contribution in [3.63, 3.8) is 0 Å². The molecule has 1 aliphatic heterocycles. The number of hydrogen-bond donors (Lipinski definition) is 2. The van der Waals surface area contributed by atoms with Crippen LogP contribution < -0.4 is 5.32 Å². The molecule has 2 amide bonds. The van der Waals surface area contributed by atoms with Crippen LogP contribution in [0.3, 0.4) is 0 Å². The second-order valence-electron chi connectivity index (χ2n) is 6.59. The van der Waals surface area contributed by atoms with Gasteiger partial charge in [-0.05, 0) is 37.4 Å². The Morgan fingerprint density at radius 2 is 1.61 bits per heavy atom. The number of likely N-dealkylation sites (N-methyl/N-ethyl adjacent to an activating group) is 1. The van der Waals surface area contributed by atoms with Crippen molar-refractivity contribution < 1.29 is 19.5 Å². The van der Waals surface area contributed by atoms with Gasteiger partial charge in [0.25, 0.3) is 11.8 Å². The van der Waals surface area contributed by atoms with Gasteiger partial charge in [0.05, 0.1) is 21.7 Å². The molecule has 0 unspecified atom stereocenters. The molecule has 1 aliphatic rings. The summed E-state index contributed by atoms with van der Waals surface area (Å²) >= 11 is 6.28. The maximum absolute atomic E-state index is 12.7. The first-order chi connectivity index (χ1) is 13.4. The Bertz CT molecular complexity index is 923. The number of carbonyl (C=O) groups excluding carboxylic acids is 2. The smallest absolute Gasteiger partial charge is 0.336 e. The lowest BCUT2D eigenvalue weighted by Gasteiger charge is -2.32. The van der Waals surface area contributed by atoms with Crippen molar-refractivity contribution in [1.82, 2.24) is 9.80 Å². The Morgan fingerprint density at radius 1 is 0.964 bits per heavy atom. The second-order valence-corrected chi connectivity index (χ2v) is 7.00. The predicted octanol–water partition coefficient (Wildman–Crippen LogP) is 2.68. The molecule has 8 heteroatoms. The van der Waals surface area contributed by atoms with E-state index in [2.05, 4.69) is 10.2 Å². The third-order valence-electron chi connectivity index (χ3n) is 4.65. The fraction of sp³-hybridized carbons (Fsp3) is 0.250. The van der Waals surface area contributed by atoms with Crippen molar-refractivity contribution in [3.05, 3.63) is 64.2 Å². The van der Waals surface area contributed by atoms with E-state index in [0.29, 0.717) is 24.3 Å². The zero-order valence-corrected chi connectivity index (χ0v) is 16.1. The summed E-state index contributed by atoms with van der Waals surface area (Å²) in [6.07, 6.45) is 0. The highest BCUT2D eigenvalue weighted by molar-refractivity contribution is 6.34. The normalized spacial score (nSPS) is 14.6. The maximum atomic E-state index is 12.7. The first-order valence-corrected chi connectivity index (χ1v) is 9.15. The van der Waals surface area contributed by atoms with Gasteiger partial charge < -0.3 is 20.2 Å². The molecule has 1 heterocycles. The van der Waals surface area contributed by atoms with Crippen LogP contribution >= 0.6 is 11.6 Å². The monoisotopic (exact) mass is 401 g/mol. The molecule has 1 fully saturated rings. The highest BCUT2D eigenvalue weighted by Gasteiger charge is 2.22. The number of carbonyl (C=O) groups is 3. The summed E-state index contributed by atoms with van der Waals surface area (Å²) in [6, 6.07) is 10.6. The van der Waals surface area contributed by atoms with Gasteiger partial charge in [0.1, 0.15) is 0 Å². The topological polar surface area (TPSA) is 90.0 Å². The maximum Gasteiger partial charge on any atom is 0.336 e. The zero-order chi connectivity index (χ0) is 20.3. The Labute approximate surface area is 167 Å². The molecule has 0 bridgehead atoms. The number of piperazine rings is 1. The van der Waals surface area contributed by atoms with Gasteiger partial charge in [-0.2, -0.15) is 0 Å². The first kappa shape index (κ1) is 19.9. The van der Waals surface area contributed by atoms with Crippen LogP contribution in [-0.2, 0) is 0 Å². The second kappa shape index (κ2) is 8.41. The summed E-state index contributed by atoms with van der Waals surface area (Å²) in [4.78, 5) is 40.3. The number of carboxylic acids is 1. The number of aromatic carboxylic acids is 1. The van der Waals surface area contributed by atoms with E-state index in [9.17, 15) is 19.5 Å². The van der Waals surface area contributed by atoms with Gasteiger partial charge in [0.2, 0.25) is 0 Å². The van der Waals surface area contributed by atoms with E-state index >= 15 is 0 Å². The highest BCUT2D eigenvalue weighted by atomic mass is 35.5. The summed E-state index contributed by atoms with van der Waals surface area (Å²) in [5, 5.41) is 12.1. The third kappa shape index (κ3) is 4.32. The van der Waals surface area contributed by atoms with Crippen molar-refractivity contribution >= 4 is 35.1 Å². The van der Waals surface area contributed by atoms with Crippen LogP contribution in [0.4, 0.5) is 5.69 Å². The van der Waals surface area contributed by atoms with Crippen molar-refractivity contribution in [1.29, 1.82) is 0 Å². The average Bonchev–Trinajstić information content (AvgIpc) is 2.68. The highest BCUT2D eigenvalue weighted by Crippen LogP contribution is 2.24. The Hall–Kier alpha value is -2.90. The summed E-state index contributed by atoms with van der Waals surface area (Å²) in [5.41, 5.74) is 0.706. The molecular weight excluding hydrogens is 382 g/mol. The lowest BCUT2D eigenvalue weighted by Crippen LogP contribution is -2.47. The van der Waals surface area contributed by atoms with Gasteiger partial charge in [-0.3, -0.25) is 9.59 Å². The number of benzene rings is 2. The molecule has 7 nitrogen and oxygen atoms in total. The van der Waals surface area contributed by atoms with E-state index in [4.69, 9.17) is 11.6 Å².